The summed E-state index contributed by atoms with van der Waals surface area (Å²) >= 11 is 0. The number of hydrogen-bond acceptors (Lipinski definition) is 4. The Bertz CT molecular complexity index is 417. The lowest BCUT2D eigenvalue weighted by molar-refractivity contribution is -0.124. The number of amides is 2. The molecular formula is C14H22N4O2. The molecule has 0 aromatic carbocycles. The maximum absolute atomic E-state index is 11.9. The van der Waals surface area contributed by atoms with E-state index in [4.69, 9.17) is 5.26 Å². The lowest BCUT2D eigenvalue weighted by Crippen LogP contribution is -2.37. The molecule has 6 nitrogen and oxygen atoms in total. The van der Waals surface area contributed by atoms with Gasteiger partial charge in [-0.15, -0.1) is 0 Å². The van der Waals surface area contributed by atoms with Crippen LogP contribution in [0.15, 0.2) is 11.8 Å². The largest absolute Gasteiger partial charge is 0.351 e. The molecular weight excluding hydrogens is 256 g/mol. The molecule has 0 unspecified atom stereocenters. The maximum atomic E-state index is 11.9. The summed E-state index contributed by atoms with van der Waals surface area (Å²) < 4.78 is 0. The van der Waals surface area contributed by atoms with Gasteiger partial charge in [-0.05, 0) is 31.8 Å². The van der Waals surface area contributed by atoms with E-state index in [1.54, 1.807) is 6.07 Å². The van der Waals surface area contributed by atoms with E-state index in [0.717, 1.165) is 25.9 Å². The fourth-order valence-electron chi connectivity index (χ4n) is 1.89. The van der Waals surface area contributed by atoms with E-state index >= 15 is 0 Å². The Labute approximate surface area is 119 Å². The summed E-state index contributed by atoms with van der Waals surface area (Å²) in [6, 6.07) is 1.81. The van der Waals surface area contributed by atoms with Crippen molar-refractivity contribution >= 4 is 11.8 Å². The molecule has 0 aromatic heterocycles. The molecule has 2 amide bonds. The smallest absolute Gasteiger partial charge is 0.263 e. The zero-order valence-corrected chi connectivity index (χ0v) is 12.0. The molecule has 110 valence electrons. The van der Waals surface area contributed by atoms with Gasteiger partial charge in [-0.25, -0.2) is 0 Å². The fourth-order valence-corrected chi connectivity index (χ4v) is 1.89. The minimum Gasteiger partial charge on any atom is -0.351 e. The molecule has 1 aliphatic rings. The van der Waals surface area contributed by atoms with Crippen LogP contribution in [0.1, 0.15) is 26.7 Å². The van der Waals surface area contributed by atoms with Gasteiger partial charge in [0.05, 0.1) is 0 Å². The Morgan fingerprint density at radius 3 is 2.60 bits per heavy atom. The summed E-state index contributed by atoms with van der Waals surface area (Å²) in [4.78, 5) is 23.6. The molecule has 0 bridgehead atoms. The number of hydrogen-bond donors (Lipinski definition) is 3. The molecule has 3 N–H and O–H groups in total. The van der Waals surface area contributed by atoms with E-state index in [1.165, 1.54) is 6.20 Å². The van der Waals surface area contributed by atoms with Gasteiger partial charge < -0.3 is 16.0 Å². The molecule has 0 atom stereocenters. The van der Waals surface area contributed by atoms with Crippen LogP contribution >= 0.6 is 0 Å². The highest BCUT2D eigenvalue weighted by Gasteiger charge is 2.20. The molecule has 0 spiro atoms. The van der Waals surface area contributed by atoms with Gasteiger partial charge in [-0.1, -0.05) is 13.8 Å². The predicted molar refractivity (Wildman–Crippen MR) is 75.3 cm³/mol. The summed E-state index contributed by atoms with van der Waals surface area (Å²) in [6.45, 7) is 6.08. The standard InChI is InChI=1S/C14H22N4O2/c1-10(2)8-17-14(20)12(7-15)9-18-13(19)11-3-5-16-6-4-11/h9-11,16H,3-6,8H2,1-2H3,(H,17,20)(H,18,19)/b12-9-. The highest BCUT2D eigenvalue weighted by molar-refractivity contribution is 5.97. The Kier molecular flexibility index (Phi) is 6.74. The highest BCUT2D eigenvalue weighted by atomic mass is 16.2. The van der Waals surface area contributed by atoms with Gasteiger partial charge in [0.15, 0.2) is 0 Å². The third-order valence-electron chi connectivity index (χ3n) is 3.10. The highest BCUT2D eigenvalue weighted by Crippen LogP contribution is 2.11. The minimum absolute atomic E-state index is 0.0498. The monoisotopic (exact) mass is 278 g/mol. The number of piperidine rings is 1. The molecule has 0 saturated carbocycles. The Morgan fingerprint density at radius 1 is 1.40 bits per heavy atom. The van der Waals surface area contributed by atoms with E-state index in [2.05, 4.69) is 16.0 Å². The average molecular weight is 278 g/mol. The third kappa shape index (κ3) is 5.41. The lowest BCUT2D eigenvalue weighted by Gasteiger charge is -2.20. The second kappa shape index (κ2) is 8.33. The molecule has 1 heterocycles. The SMILES string of the molecule is CC(C)CNC(=O)/C(C#N)=C\NC(=O)C1CCNCC1. The topological polar surface area (TPSA) is 94.0 Å². The Balaban J connectivity index is 2.50. The number of nitrogens with one attached hydrogen (secondary N) is 3. The molecule has 0 aromatic rings. The fraction of sp³-hybridized carbons (Fsp3) is 0.643. The first-order valence-corrected chi connectivity index (χ1v) is 6.94. The van der Waals surface area contributed by atoms with Crippen molar-refractivity contribution in [2.24, 2.45) is 11.8 Å². The number of carbonyl (C=O) groups is 2. The summed E-state index contributed by atoms with van der Waals surface area (Å²) in [5.41, 5.74) is -0.0760. The maximum Gasteiger partial charge on any atom is 0.263 e. The molecule has 0 radical (unpaired) electrons. The first-order chi connectivity index (χ1) is 9.54. The van der Waals surface area contributed by atoms with E-state index in [9.17, 15) is 9.59 Å². The summed E-state index contributed by atoms with van der Waals surface area (Å²) in [5, 5.41) is 17.3. The minimum atomic E-state index is -0.452. The van der Waals surface area contributed by atoms with Gasteiger partial charge in [-0.2, -0.15) is 5.26 Å². The molecule has 1 aliphatic heterocycles. The van der Waals surface area contributed by atoms with Crippen molar-refractivity contribution in [2.75, 3.05) is 19.6 Å². The van der Waals surface area contributed by atoms with Crippen molar-refractivity contribution < 1.29 is 9.59 Å². The van der Waals surface area contributed by atoms with Crippen LogP contribution in [0.4, 0.5) is 0 Å². The van der Waals surface area contributed by atoms with E-state index in [0.29, 0.717) is 12.5 Å². The zero-order valence-electron chi connectivity index (χ0n) is 12.0. The van der Waals surface area contributed by atoms with E-state index in [1.807, 2.05) is 13.8 Å². The lowest BCUT2D eigenvalue weighted by atomic mass is 9.97. The van der Waals surface area contributed by atoms with Crippen molar-refractivity contribution in [2.45, 2.75) is 26.7 Å². The molecule has 1 fully saturated rings. The third-order valence-corrected chi connectivity index (χ3v) is 3.10. The molecule has 1 saturated heterocycles. The van der Waals surface area contributed by atoms with Gasteiger partial charge in [0.1, 0.15) is 11.6 Å². The summed E-state index contributed by atoms with van der Waals surface area (Å²) in [5.74, 6) is -0.322. The van der Waals surface area contributed by atoms with E-state index < -0.39 is 5.91 Å². The van der Waals surface area contributed by atoms with Gasteiger partial charge in [-0.3, -0.25) is 9.59 Å². The van der Waals surface area contributed by atoms with Crippen molar-refractivity contribution in [1.29, 1.82) is 5.26 Å². The van der Waals surface area contributed by atoms with Gasteiger partial charge >= 0.3 is 0 Å². The Hall–Kier alpha value is -1.87. The van der Waals surface area contributed by atoms with Crippen molar-refractivity contribution in [3.63, 3.8) is 0 Å². The molecule has 6 heteroatoms. The van der Waals surface area contributed by atoms with E-state index in [-0.39, 0.29) is 17.4 Å². The van der Waals surface area contributed by atoms with Gasteiger partial charge in [0.25, 0.3) is 5.91 Å². The van der Waals surface area contributed by atoms with Gasteiger partial charge in [0.2, 0.25) is 5.91 Å². The first kappa shape index (κ1) is 16.2. The normalized spacial score (nSPS) is 16.6. The van der Waals surface area contributed by atoms with Crippen LogP contribution in [-0.4, -0.2) is 31.4 Å². The Morgan fingerprint density at radius 2 is 2.05 bits per heavy atom. The number of nitriles is 1. The van der Waals surface area contributed by atoms with Crippen LogP contribution in [0.3, 0.4) is 0 Å². The van der Waals surface area contributed by atoms with Crippen LogP contribution < -0.4 is 16.0 Å². The van der Waals surface area contributed by atoms with Crippen molar-refractivity contribution in [3.8, 4) is 6.07 Å². The van der Waals surface area contributed by atoms with Crippen molar-refractivity contribution in [3.05, 3.63) is 11.8 Å². The molecule has 1 rings (SSSR count). The summed E-state index contributed by atoms with van der Waals surface area (Å²) in [6.07, 6.45) is 2.77. The van der Waals surface area contributed by atoms with Crippen LogP contribution in [0.25, 0.3) is 0 Å². The molecule has 20 heavy (non-hydrogen) atoms. The van der Waals surface area contributed by atoms with Crippen LogP contribution in [0.5, 0.6) is 0 Å². The van der Waals surface area contributed by atoms with Gasteiger partial charge in [0, 0.05) is 18.7 Å². The number of rotatable bonds is 5. The molecule has 0 aliphatic carbocycles. The second-order valence-electron chi connectivity index (χ2n) is 5.31. The van der Waals surface area contributed by atoms with Crippen LogP contribution in [0.2, 0.25) is 0 Å². The second-order valence-corrected chi connectivity index (χ2v) is 5.31. The van der Waals surface area contributed by atoms with Crippen molar-refractivity contribution in [1.82, 2.24) is 16.0 Å². The predicted octanol–water partition coefficient (Wildman–Crippen LogP) is 0.282. The zero-order chi connectivity index (χ0) is 15.0. The summed E-state index contributed by atoms with van der Waals surface area (Å²) in [7, 11) is 0. The quantitative estimate of drug-likeness (QED) is 0.497. The van der Waals surface area contributed by atoms with Crippen LogP contribution in [0, 0.1) is 23.2 Å². The first-order valence-electron chi connectivity index (χ1n) is 6.94. The number of carbonyl (C=O) groups excluding carboxylic acids is 2. The average Bonchev–Trinajstić information content (AvgIpc) is 2.46. The number of nitrogens with zero attached hydrogens (tertiary/aromatic N) is 1. The van der Waals surface area contributed by atoms with Crippen LogP contribution in [-0.2, 0) is 9.59 Å².